The van der Waals surface area contributed by atoms with E-state index < -0.39 is 16.8 Å². The first-order chi connectivity index (χ1) is 12.5. The van der Waals surface area contributed by atoms with Crippen molar-refractivity contribution in [2.45, 2.75) is 6.42 Å². The molecule has 26 heavy (non-hydrogen) atoms. The number of fused-ring (bicyclic) bond motifs is 1. The summed E-state index contributed by atoms with van der Waals surface area (Å²) in [6.45, 7) is 0.723. The Hall–Kier alpha value is -3.21. The third-order valence-corrected chi connectivity index (χ3v) is 4.41. The number of hydrogen-bond donors (Lipinski definition) is 2. The lowest BCUT2D eigenvalue weighted by Crippen LogP contribution is -2.27. The summed E-state index contributed by atoms with van der Waals surface area (Å²) in [7, 11) is 0. The molecule has 0 atom stereocenters. The van der Waals surface area contributed by atoms with E-state index in [0.29, 0.717) is 18.0 Å². The molecule has 0 bridgehead atoms. The zero-order chi connectivity index (χ0) is 18.7. The highest BCUT2D eigenvalue weighted by Gasteiger charge is 2.26. The average molecular weight is 379 g/mol. The molecule has 1 amide bonds. The number of thiazole rings is 1. The molecular weight excluding hydrogens is 366 g/mol. The molecule has 0 radical (unpaired) electrons. The number of carbonyl (C=O) groups is 2. The van der Waals surface area contributed by atoms with Crippen molar-refractivity contribution in [1.82, 2.24) is 10.3 Å². The minimum absolute atomic E-state index is 0.0567. The Bertz CT molecular complexity index is 880. The number of nitro benzene ring substituents is 1. The van der Waals surface area contributed by atoms with Gasteiger partial charge in [0.05, 0.1) is 16.0 Å². The second-order valence-electron chi connectivity index (χ2n) is 5.21. The predicted molar refractivity (Wildman–Crippen MR) is 89.2 cm³/mol. The molecule has 2 aromatic rings. The highest BCUT2D eigenvalue weighted by atomic mass is 32.1. The van der Waals surface area contributed by atoms with E-state index in [1.165, 1.54) is 17.5 Å². The van der Waals surface area contributed by atoms with Gasteiger partial charge in [-0.25, -0.2) is 9.78 Å². The summed E-state index contributed by atoms with van der Waals surface area (Å²) < 4.78 is 10.7. The minimum atomic E-state index is -1.12. The first-order valence-corrected chi connectivity index (χ1v) is 8.37. The standard InChI is InChI=1S/C15H13N3O7S/c19-14(16-2-1-13-17-9(7-26-13)15(20)21)8-5-11-12(25-4-3-24-11)6-10(8)18(22)23/h5-7H,1-4H2,(H,16,19)(H,20,21). The van der Waals surface area contributed by atoms with E-state index in [0.717, 1.165) is 11.3 Å². The second kappa shape index (κ2) is 7.35. The van der Waals surface area contributed by atoms with Crippen molar-refractivity contribution in [2.24, 2.45) is 0 Å². The fraction of sp³-hybridized carbons (Fsp3) is 0.267. The molecule has 10 nitrogen and oxygen atoms in total. The van der Waals surface area contributed by atoms with E-state index in [-0.39, 0.29) is 41.6 Å². The summed E-state index contributed by atoms with van der Waals surface area (Å²) >= 11 is 1.16. The van der Waals surface area contributed by atoms with Gasteiger partial charge in [-0.15, -0.1) is 11.3 Å². The Morgan fingerprint density at radius 2 is 2.00 bits per heavy atom. The zero-order valence-electron chi connectivity index (χ0n) is 13.3. The van der Waals surface area contributed by atoms with Crippen LogP contribution in [0.15, 0.2) is 17.5 Å². The fourth-order valence-electron chi connectivity index (χ4n) is 2.31. The number of carboxylic acids is 1. The molecule has 0 saturated carbocycles. The summed E-state index contributed by atoms with van der Waals surface area (Å²) in [6, 6.07) is 2.46. The molecule has 0 saturated heterocycles. The second-order valence-corrected chi connectivity index (χ2v) is 6.15. The molecular formula is C15H13N3O7S. The van der Waals surface area contributed by atoms with Crippen LogP contribution in [0.2, 0.25) is 0 Å². The molecule has 0 unspecified atom stereocenters. The van der Waals surface area contributed by atoms with Crippen LogP contribution in [0, 0.1) is 10.1 Å². The van der Waals surface area contributed by atoms with Gasteiger partial charge in [0.1, 0.15) is 18.8 Å². The van der Waals surface area contributed by atoms with Crippen molar-refractivity contribution in [1.29, 1.82) is 0 Å². The monoisotopic (exact) mass is 379 g/mol. The molecule has 136 valence electrons. The van der Waals surface area contributed by atoms with E-state index in [4.69, 9.17) is 14.6 Å². The van der Waals surface area contributed by atoms with E-state index in [9.17, 15) is 19.7 Å². The zero-order valence-corrected chi connectivity index (χ0v) is 14.1. The molecule has 3 rings (SSSR count). The van der Waals surface area contributed by atoms with E-state index in [1.807, 2.05) is 0 Å². The Morgan fingerprint density at radius 3 is 2.62 bits per heavy atom. The van der Waals surface area contributed by atoms with Crippen LogP contribution in [-0.2, 0) is 6.42 Å². The third kappa shape index (κ3) is 3.72. The smallest absolute Gasteiger partial charge is 0.355 e. The van der Waals surface area contributed by atoms with Crippen LogP contribution in [0.1, 0.15) is 25.9 Å². The summed E-state index contributed by atoms with van der Waals surface area (Å²) in [5, 5.41) is 24.6. The van der Waals surface area contributed by atoms with E-state index >= 15 is 0 Å². The van der Waals surface area contributed by atoms with Gasteiger partial charge in [0.15, 0.2) is 17.2 Å². The van der Waals surface area contributed by atoms with Crippen molar-refractivity contribution in [3.63, 3.8) is 0 Å². The Kier molecular flexibility index (Phi) is 4.98. The lowest BCUT2D eigenvalue weighted by molar-refractivity contribution is -0.385. The van der Waals surface area contributed by atoms with E-state index in [1.54, 1.807) is 0 Å². The quantitative estimate of drug-likeness (QED) is 0.568. The number of benzene rings is 1. The molecule has 0 spiro atoms. The van der Waals surface area contributed by atoms with Crippen LogP contribution >= 0.6 is 11.3 Å². The first-order valence-electron chi connectivity index (χ1n) is 7.49. The highest BCUT2D eigenvalue weighted by molar-refractivity contribution is 7.09. The van der Waals surface area contributed by atoms with Crippen LogP contribution in [0.3, 0.4) is 0 Å². The molecule has 0 aliphatic carbocycles. The minimum Gasteiger partial charge on any atom is -0.486 e. The van der Waals surface area contributed by atoms with Gasteiger partial charge in [-0.3, -0.25) is 14.9 Å². The van der Waals surface area contributed by atoms with Crippen LogP contribution in [-0.4, -0.2) is 46.6 Å². The van der Waals surface area contributed by atoms with Gasteiger partial charge in [0, 0.05) is 24.4 Å². The molecule has 1 aromatic carbocycles. The fourth-order valence-corrected chi connectivity index (χ4v) is 3.09. The maximum atomic E-state index is 12.3. The number of aromatic carboxylic acids is 1. The van der Waals surface area contributed by atoms with Gasteiger partial charge >= 0.3 is 5.97 Å². The normalized spacial score (nSPS) is 12.5. The predicted octanol–water partition coefficient (Wildman–Crippen LogP) is 1.49. The van der Waals surface area contributed by atoms with Crippen molar-refractivity contribution in [3.8, 4) is 11.5 Å². The van der Waals surface area contributed by atoms with Crippen molar-refractivity contribution in [3.05, 3.63) is 43.9 Å². The molecule has 1 aliphatic heterocycles. The number of rotatable bonds is 6. The molecule has 1 aromatic heterocycles. The Labute approximate surface area is 150 Å². The number of carbonyl (C=O) groups excluding carboxylic acids is 1. The molecule has 2 heterocycles. The number of amides is 1. The third-order valence-electron chi connectivity index (χ3n) is 3.50. The number of aromatic nitrogens is 1. The van der Waals surface area contributed by atoms with Gasteiger partial charge in [-0.2, -0.15) is 0 Å². The van der Waals surface area contributed by atoms with Gasteiger partial charge < -0.3 is 19.9 Å². The van der Waals surface area contributed by atoms with E-state index in [2.05, 4.69) is 10.3 Å². The summed E-state index contributed by atoms with van der Waals surface area (Å²) in [5.74, 6) is -1.26. The highest BCUT2D eigenvalue weighted by Crippen LogP contribution is 2.36. The lowest BCUT2D eigenvalue weighted by Gasteiger charge is -2.18. The number of carboxylic acid groups (broad SMARTS) is 1. The van der Waals surface area contributed by atoms with Crippen LogP contribution < -0.4 is 14.8 Å². The van der Waals surface area contributed by atoms with Crippen LogP contribution in [0.5, 0.6) is 11.5 Å². The van der Waals surface area contributed by atoms with Gasteiger partial charge in [-0.05, 0) is 0 Å². The van der Waals surface area contributed by atoms with Gasteiger partial charge in [-0.1, -0.05) is 0 Å². The maximum absolute atomic E-state index is 12.3. The molecule has 0 fully saturated rings. The van der Waals surface area contributed by atoms with Crippen LogP contribution in [0.4, 0.5) is 5.69 Å². The molecule has 1 aliphatic rings. The SMILES string of the molecule is O=C(O)c1csc(CCNC(=O)c2cc3c(cc2[N+](=O)[O-])OCCO3)n1. The van der Waals surface area contributed by atoms with Gasteiger partial charge in [0.25, 0.3) is 11.6 Å². The van der Waals surface area contributed by atoms with Crippen LogP contribution in [0.25, 0.3) is 0 Å². The number of ether oxygens (including phenoxy) is 2. The summed E-state index contributed by atoms with van der Waals surface area (Å²) in [4.78, 5) is 37.6. The average Bonchev–Trinajstić information content (AvgIpc) is 3.09. The Morgan fingerprint density at radius 1 is 1.31 bits per heavy atom. The lowest BCUT2D eigenvalue weighted by atomic mass is 10.1. The first kappa shape index (κ1) is 17.6. The Balaban J connectivity index is 1.70. The van der Waals surface area contributed by atoms with Crippen molar-refractivity contribution >= 4 is 28.9 Å². The summed E-state index contributed by atoms with van der Waals surface area (Å²) in [6.07, 6.45) is 0.308. The topological polar surface area (TPSA) is 141 Å². The number of nitrogens with zero attached hydrogens (tertiary/aromatic N) is 2. The number of hydrogen-bond acceptors (Lipinski definition) is 8. The number of nitro groups is 1. The largest absolute Gasteiger partial charge is 0.486 e. The molecule has 11 heteroatoms. The van der Waals surface area contributed by atoms with Gasteiger partial charge in [0.2, 0.25) is 0 Å². The molecule has 2 N–H and O–H groups in total. The van der Waals surface area contributed by atoms with Crippen molar-refractivity contribution < 1.29 is 29.1 Å². The van der Waals surface area contributed by atoms with Crippen molar-refractivity contribution in [2.75, 3.05) is 19.8 Å². The summed E-state index contributed by atoms with van der Waals surface area (Å²) in [5.41, 5.74) is -0.572. The number of nitrogens with one attached hydrogen (secondary N) is 1. The maximum Gasteiger partial charge on any atom is 0.355 e.